The van der Waals surface area contributed by atoms with Gasteiger partial charge in [0.15, 0.2) is 5.82 Å². The van der Waals surface area contributed by atoms with Gasteiger partial charge in [-0.25, -0.2) is 15.8 Å². The first-order chi connectivity index (χ1) is 10.2. The number of rotatable bonds is 7. The summed E-state index contributed by atoms with van der Waals surface area (Å²) >= 11 is 1.97. The Morgan fingerprint density at radius 3 is 2.62 bits per heavy atom. The molecule has 1 saturated carbocycles. The third-order valence-corrected chi connectivity index (χ3v) is 5.40. The summed E-state index contributed by atoms with van der Waals surface area (Å²) in [7, 11) is 1.63. The number of hydrazine groups is 1. The second-order valence-corrected chi connectivity index (χ2v) is 6.71. The van der Waals surface area contributed by atoms with Gasteiger partial charge in [-0.1, -0.05) is 19.3 Å². The van der Waals surface area contributed by atoms with Crippen molar-refractivity contribution in [3.8, 4) is 0 Å². The molecule has 0 amide bonds. The number of nitrogens with one attached hydrogen (secondary N) is 2. The molecule has 1 aromatic heterocycles. The Morgan fingerprint density at radius 2 is 2.00 bits per heavy atom. The maximum atomic E-state index is 5.46. The fraction of sp³-hybridized carbons (Fsp3) is 0.714. The average Bonchev–Trinajstić information content (AvgIpc) is 2.54. The Balaban J connectivity index is 2.05. The SMILES string of the molecule is COCc1nc(NN)cc(NCC2(SC)CCCCC2)n1. The minimum atomic E-state index is 0.320. The number of thioether (sulfide) groups is 1. The molecule has 0 saturated heterocycles. The number of ether oxygens (including phenoxy) is 1. The molecule has 0 spiro atoms. The average molecular weight is 311 g/mol. The predicted octanol–water partition coefficient (Wildman–Crippen LogP) is 2.39. The lowest BCUT2D eigenvalue weighted by Crippen LogP contribution is -2.35. The molecule has 1 heterocycles. The third-order valence-electron chi connectivity index (χ3n) is 3.98. The van der Waals surface area contributed by atoms with Crippen LogP contribution in [-0.4, -0.2) is 34.6 Å². The molecule has 4 N–H and O–H groups in total. The molecule has 1 aromatic rings. The summed E-state index contributed by atoms with van der Waals surface area (Å²) in [6.07, 6.45) is 8.72. The normalized spacial score (nSPS) is 17.5. The highest BCUT2D eigenvalue weighted by atomic mass is 32.2. The van der Waals surface area contributed by atoms with Crippen molar-refractivity contribution >= 4 is 23.4 Å². The molecule has 0 radical (unpaired) electrons. The number of nitrogen functional groups attached to an aromatic ring is 1. The highest BCUT2D eigenvalue weighted by Crippen LogP contribution is 2.38. The summed E-state index contributed by atoms with van der Waals surface area (Å²) in [6, 6.07) is 1.83. The fourth-order valence-corrected chi connectivity index (χ4v) is 3.67. The Kier molecular flexibility index (Phi) is 6.08. The zero-order chi connectivity index (χ0) is 15.1. The second kappa shape index (κ2) is 7.82. The molecule has 21 heavy (non-hydrogen) atoms. The van der Waals surface area contributed by atoms with E-state index >= 15 is 0 Å². The van der Waals surface area contributed by atoms with E-state index in [-0.39, 0.29) is 0 Å². The van der Waals surface area contributed by atoms with E-state index in [1.54, 1.807) is 7.11 Å². The van der Waals surface area contributed by atoms with E-state index in [9.17, 15) is 0 Å². The number of aromatic nitrogens is 2. The van der Waals surface area contributed by atoms with Crippen LogP contribution < -0.4 is 16.6 Å². The molecule has 6 nitrogen and oxygen atoms in total. The highest BCUT2D eigenvalue weighted by molar-refractivity contribution is 8.00. The summed E-state index contributed by atoms with van der Waals surface area (Å²) in [4.78, 5) is 8.73. The van der Waals surface area contributed by atoms with Gasteiger partial charge in [0.2, 0.25) is 0 Å². The van der Waals surface area contributed by atoms with E-state index in [0.29, 0.717) is 23.0 Å². The van der Waals surface area contributed by atoms with Gasteiger partial charge in [-0.2, -0.15) is 11.8 Å². The Morgan fingerprint density at radius 1 is 1.29 bits per heavy atom. The Hall–Kier alpha value is -1.05. The molecule has 0 aromatic carbocycles. The molecule has 0 bridgehead atoms. The predicted molar refractivity (Wildman–Crippen MR) is 88.4 cm³/mol. The van der Waals surface area contributed by atoms with Gasteiger partial charge in [-0.15, -0.1) is 0 Å². The molecule has 0 atom stereocenters. The maximum absolute atomic E-state index is 5.46. The highest BCUT2D eigenvalue weighted by Gasteiger charge is 2.30. The standard InChI is InChI=1S/C14H25N5OS/c1-20-9-13-17-11(8-12(18-13)19-15)16-10-14(21-2)6-4-3-5-7-14/h8H,3-7,9-10,15H2,1-2H3,(H2,16,17,18,19). The largest absolute Gasteiger partial charge is 0.377 e. The molecule has 1 fully saturated rings. The van der Waals surface area contributed by atoms with Crippen LogP contribution in [0.3, 0.4) is 0 Å². The van der Waals surface area contributed by atoms with E-state index in [1.807, 2.05) is 17.8 Å². The molecule has 0 aliphatic heterocycles. The van der Waals surface area contributed by atoms with Crippen molar-refractivity contribution in [2.45, 2.75) is 43.5 Å². The van der Waals surface area contributed by atoms with Gasteiger partial charge in [-0.05, 0) is 19.1 Å². The van der Waals surface area contributed by atoms with Crippen LogP contribution in [0.4, 0.5) is 11.6 Å². The van der Waals surface area contributed by atoms with Crippen molar-refractivity contribution in [2.75, 3.05) is 30.7 Å². The van der Waals surface area contributed by atoms with Gasteiger partial charge in [0.05, 0.1) is 0 Å². The zero-order valence-electron chi connectivity index (χ0n) is 12.8. The number of hydrogen-bond acceptors (Lipinski definition) is 7. The zero-order valence-corrected chi connectivity index (χ0v) is 13.6. The third kappa shape index (κ3) is 4.46. The Bertz CT molecular complexity index is 451. The van der Waals surface area contributed by atoms with Crippen LogP contribution in [0.1, 0.15) is 37.9 Å². The number of nitrogens with two attached hydrogens (primary N) is 1. The lowest BCUT2D eigenvalue weighted by Gasteiger charge is -2.36. The second-order valence-electron chi connectivity index (χ2n) is 5.43. The number of anilines is 2. The van der Waals surface area contributed by atoms with E-state index < -0.39 is 0 Å². The van der Waals surface area contributed by atoms with Gasteiger partial charge >= 0.3 is 0 Å². The lowest BCUT2D eigenvalue weighted by molar-refractivity contribution is 0.178. The first kappa shape index (κ1) is 16.3. The van der Waals surface area contributed by atoms with Crippen molar-refractivity contribution < 1.29 is 4.74 Å². The van der Waals surface area contributed by atoms with E-state index in [4.69, 9.17) is 10.6 Å². The van der Waals surface area contributed by atoms with Crippen LogP contribution in [0, 0.1) is 0 Å². The first-order valence-electron chi connectivity index (χ1n) is 7.34. The van der Waals surface area contributed by atoms with Gasteiger partial charge in [0.1, 0.15) is 18.2 Å². The van der Waals surface area contributed by atoms with Gasteiger partial charge in [0, 0.05) is 24.5 Å². The maximum Gasteiger partial charge on any atom is 0.158 e. The van der Waals surface area contributed by atoms with Crippen LogP contribution >= 0.6 is 11.8 Å². The molecule has 1 aliphatic rings. The first-order valence-corrected chi connectivity index (χ1v) is 8.56. The molecule has 7 heteroatoms. The van der Waals surface area contributed by atoms with Gasteiger partial charge in [0.25, 0.3) is 0 Å². The van der Waals surface area contributed by atoms with Crippen LogP contribution in [0.25, 0.3) is 0 Å². The lowest BCUT2D eigenvalue weighted by atomic mass is 9.88. The molecular formula is C14H25N5OS. The fourth-order valence-electron chi connectivity index (χ4n) is 2.76. The van der Waals surface area contributed by atoms with E-state index in [1.165, 1.54) is 32.1 Å². The summed E-state index contributed by atoms with van der Waals surface area (Å²) < 4.78 is 5.41. The number of hydrogen-bond donors (Lipinski definition) is 3. The van der Waals surface area contributed by atoms with Crippen LogP contribution in [0.2, 0.25) is 0 Å². The van der Waals surface area contributed by atoms with Crippen molar-refractivity contribution in [2.24, 2.45) is 5.84 Å². The Labute approximate surface area is 130 Å². The summed E-state index contributed by atoms with van der Waals surface area (Å²) in [5, 5.41) is 3.46. The quantitative estimate of drug-likeness (QED) is 0.526. The van der Waals surface area contributed by atoms with Crippen LogP contribution in [-0.2, 0) is 11.3 Å². The molecule has 0 unspecified atom stereocenters. The van der Waals surface area contributed by atoms with E-state index in [0.717, 1.165) is 12.4 Å². The van der Waals surface area contributed by atoms with Crippen molar-refractivity contribution in [1.82, 2.24) is 9.97 Å². The monoisotopic (exact) mass is 311 g/mol. The van der Waals surface area contributed by atoms with Crippen LogP contribution in [0.5, 0.6) is 0 Å². The minimum absolute atomic E-state index is 0.320. The summed E-state index contributed by atoms with van der Waals surface area (Å²) in [6.45, 7) is 1.29. The van der Waals surface area contributed by atoms with Gasteiger partial charge < -0.3 is 15.5 Å². The molecule has 2 rings (SSSR count). The molecule has 118 valence electrons. The minimum Gasteiger partial charge on any atom is -0.377 e. The molecule has 1 aliphatic carbocycles. The number of methoxy groups -OCH3 is 1. The van der Waals surface area contributed by atoms with E-state index in [2.05, 4.69) is 27.0 Å². The van der Waals surface area contributed by atoms with Crippen LogP contribution in [0.15, 0.2) is 6.07 Å². The molecular weight excluding hydrogens is 286 g/mol. The smallest absolute Gasteiger partial charge is 0.158 e. The summed E-state index contributed by atoms with van der Waals surface area (Å²) in [5.41, 5.74) is 2.58. The van der Waals surface area contributed by atoms with Crippen molar-refractivity contribution in [3.63, 3.8) is 0 Å². The van der Waals surface area contributed by atoms with Gasteiger partial charge in [-0.3, -0.25) is 0 Å². The van der Waals surface area contributed by atoms with Crippen molar-refractivity contribution in [1.29, 1.82) is 0 Å². The summed E-state index contributed by atoms with van der Waals surface area (Å²) in [5.74, 6) is 7.48. The van der Waals surface area contributed by atoms with Crippen molar-refractivity contribution in [3.05, 3.63) is 11.9 Å². The number of nitrogens with zero attached hydrogens (tertiary/aromatic N) is 2. The topological polar surface area (TPSA) is 85.1 Å².